The molecule has 1 saturated heterocycles. The summed E-state index contributed by atoms with van der Waals surface area (Å²) in [7, 11) is 2.18. The summed E-state index contributed by atoms with van der Waals surface area (Å²) >= 11 is 3.59. The van der Waals surface area contributed by atoms with E-state index in [0.717, 1.165) is 29.6 Å². The Labute approximate surface area is 127 Å². The largest absolute Gasteiger partial charge is 0.314 e. The standard InChI is InChI=1S/C14H16BrN3.ClH/c1-18(11-7-16-8-11)9-10-4-5-13(15)12-3-2-6-17-14(10)12;/h2-6,11,16H,7-9H2,1H3;1H. The van der Waals surface area contributed by atoms with Crippen molar-refractivity contribution in [1.29, 1.82) is 0 Å². The van der Waals surface area contributed by atoms with Crippen LogP contribution in [0.3, 0.4) is 0 Å². The number of benzene rings is 1. The molecule has 19 heavy (non-hydrogen) atoms. The SMILES string of the molecule is CN(Cc1ccc(Br)c2cccnc12)C1CNC1.Cl. The normalized spacial score (nSPS) is 15.3. The van der Waals surface area contributed by atoms with Gasteiger partial charge in [-0.1, -0.05) is 28.1 Å². The Balaban J connectivity index is 0.00000133. The van der Waals surface area contributed by atoms with E-state index in [1.54, 1.807) is 0 Å². The Hall–Kier alpha value is -0.680. The molecule has 0 aliphatic carbocycles. The van der Waals surface area contributed by atoms with Gasteiger partial charge in [0.25, 0.3) is 0 Å². The third-order valence-electron chi connectivity index (χ3n) is 3.60. The molecule has 5 heteroatoms. The van der Waals surface area contributed by atoms with Crippen LogP contribution >= 0.6 is 28.3 Å². The maximum Gasteiger partial charge on any atom is 0.0758 e. The first-order valence-electron chi connectivity index (χ1n) is 6.19. The molecule has 3 rings (SSSR count). The number of likely N-dealkylation sites (N-methyl/N-ethyl adjacent to an activating group) is 1. The van der Waals surface area contributed by atoms with Crippen molar-refractivity contribution in [2.24, 2.45) is 0 Å². The van der Waals surface area contributed by atoms with Crippen LogP contribution in [0.2, 0.25) is 0 Å². The van der Waals surface area contributed by atoms with Crippen LogP contribution in [-0.4, -0.2) is 36.1 Å². The van der Waals surface area contributed by atoms with Gasteiger partial charge in [0.05, 0.1) is 5.52 Å². The molecular formula is C14H17BrClN3. The molecule has 1 N–H and O–H groups in total. The molecule has 1 aromatic heterocycles. The predicted molar refractivity (Wildman–Crippen MR) is 84.8 cm³/mol. The fourth-order valence-corrected chi connectivity index (χ4v) is 2.76. The number of nitrogens with zero attached hydrogens (tertiary/aromatic N) is 2. The van der Waals surface area contributed by atoms with Gasteiger partial charge in [0.15, 0.2) is 0 Å². The molecule has 0 amide bonds. The number of fused-ring (bicyclic) bond motifs is 1. The van der Waals surface area contributed by atoms with Crippen molar-refractivity contribution < 1.29 is 0 Å². The smallest absolute Gasteiger partial charge is 0.0758 e. The summed E-state index contributed by atoms with van der Waals surface area (Å²) in [5.74, 6) is 0. The van der Waals surface area contributed by atoms with E-state index >= 15 is 0 Å². The zero-order chi connectivity index (χ0) is 12.5. The van der Waals surface area contributed by atoms with Crippen LogP contribution in [-0.2, 0) is 6.54 Å². The maximum absolute atomic E-state index is 4.53. The molecule has 0 radical (unpaired) electrons. The summed E-state index contributed by atoms with van der Waals surface area (Å²) in [6.07, 6.45) is 1.86. The molecule has 2 aromatic rings. The average molecular weight is 343 g/mol. The molecule has 1 aliphatic rings. The highest BCUT2D eigenvalue weighted by molar-refractivity contribution is 9.10. The van der Waals surface area contributed by atoms with Crippen molar-refractivity contribution in [1.82, 2.24) is 15.2 Å². The molecule has 102 valence electrons. The van der Waals surface area contributed by atoms with Crippen LogP contribution in [0.1, 0.15) is 5.56 Å². The van der Waals surface area contributed by atoms with Crippen LogP contribution < -0.4 is 5.32 Å². The quantitative estimate of drug-likeness (QED) is 0.930. The highest BCUT2D eigenvalue weighted by Crippen LogP contribution is 2.26. The molecule has 1 fully saturated rings. The first kappa shape index (κ1) is 14.7. The Morgan fingerprint density at radius 3 is 2.84 bits per heavy atom. The minimum Gasteiger partial charge on any atom is -0.314 e. The maximum atomic E-state index is 4.53. The lowest BCUT2D eigenvalue weighted by molar-refractivity contribution is 0.173. The Bertz CT molecular complexity index is 572. The Morgan fingerprint density at radius 1 is 1.37 bits per heavy atom. The second-order valence-electron chi connectivity index (χ2n) is 4.83. The summed E-state index contributed by atoms with van der Waals surface area (Å²) in [4.78, 5) is 6.92. The Kier molecular flexibility index (Phi) is 4.79. The van der Waals surface area contributed by atoms with Gasteiger partial charge in [-0.3, -0.25) is 9.88 Å². The van der Waals surface area contributed by atoms with Gasteiger partial charge in [0.1, 0.15) is 0 Å². The fraction of sp³-hybridized carbons (Fsp3) is 0.357. The van der Waals surface area contributed by atoms with Crippen molar-refractivity contribution in [3.63, 3.8) is 0 Å². The van der Waals surface area contributed by atoms with E-state index in [2.05, 4.69) is 56.4 Å². The number of nitrogens with one attached hydrogen (secondary N) is 1. The van der Waals surface area contributed by atoms with Crippen LogP contribution in [0.5, 0.6) is 0 Å². The zero-order valence-electron chi connectivity index (χ0n) is 10.8. The molecule has 0 spiro atoms. The second kappa shape index (κ2) is 6.18. The van der Waals surface area contributed by atoms with Gasteiger partial charge in [-0.2, -0.15) is 0 Å². The zero-order valence-corrected chi connectivity index (χ0v) is 13.2. The topological polar surface area (TPSA) is 28.2 Å². The lowest BCUT2D eigenvalue weighted by Gasteiger charge is -2.35. The lowest BCUT2D eigenvalue weighted by atomic mass is 10.1. The van der Waals surface area contributed by atoms with Crippen LogP contribution in [0.15, 0.2) is 34.9 Å². The molecule has 2 heterocycles. The third kappa shape index (κ3) is 2.92. The summed E-state index contributed by atoms with van der Waals surface area (Å²) in [5.41, 5.74) is 2.40. The van der Waals surface area contributed by atoms with E-state index < -0.39 is 0 Å². The molecule has 0 unspecified atom stereocenters. The van der Waals surface area contributed by atoms with Crippen molar-refractivity contribution in [3.05, 3.63) is 40.5 Å². The second-order valence-corrected chi connectivity index (χ2v) is 5.69. The van der Waals surface area contributed by atoms with Gasteiger partial charge in [0, 0.05) is 41.7 Å². The predicted octanol–water partition coefficient (Wildman–Crippen LogP) is 2.82. The van der Waals surface area contributed by atoms with Crippen LogP contribution in [0.4, 0.5) is 0 Å². The summed E-state index contributed by atoms with van der Waals surface area (Å²) < 4.78 is 1.11. The van der Waals surface area contributed by atoms with Crippen molar-refractivity contribution >= 4 is 39.2 Å². The van der Waals surface area contributed by atoms with Crippen molar-refractivity contribution in [2.75, 3.05) is 20.1 Å². The van der Waals surface area contributed by atoms with E-state index in [9.17, 15) is 0 Å². The van der Waals surface area contributed by atoms with Crippen molar-refractivity contribution in [2.45, 2.75) is 12.6 Å². The first-order valence-corrected chi connectivity index (χ1v) is 6.98. The molecule has 0 bridgehead atoms. The van der Waals surface area contributed by atoms with E-state index in [1.165, 1.54) is 10.9 Å². The highest BCUT2D eigenvalue weighted by Gasteiger charge is 2.21. The summed E-state index contributed by atoms with van der Waals surface area (Å²) in [5, 5.41) is 4.50. The van der Waals surface area contributed by atoms with Gasteiger partial charge in [-0.25, -0.2) is 0 Å². The highest BCUT2D eigenvalue weighted by atomic mass is 79.9. The number of hydrogen-bond donors (Lipinski definition) is 1. The summed E-state index contributed by atoms with van der Waals surface area (Å²) in [6, 6.07) is 9.04. The minimum atomic E-state index is 0. The van der Waals surface area contributed by atoms with Crippen molar-refractivity contribution in [3.8, 4) is 0 Å². The van der Waals surface area contributed by atoms with Gasteiger partial charge in [0.2, 0.25) is 0 Å². The molecule has 0 atom stereocenters. The minimum absolute atomic E-state index is 0. The number of pyridine rings is 1. The van der Waals surface area contributed by atoms with E-state index in [-0.39, 0.29) is 12.4 Å². The number of hydrogen-bond acceptors (Lipinski definition) is 3. The van der Waals surface area contributed by atoms with Gasteiger partial charge in [-0.15, -0.1) is 12.4 Å². The lowest BCUT2D eigenvalue weighted by Crippen LogP contribution is -2.55. The van der Waals surface area contributed by atoms with E-state index in [0.29, 0.717) is 6.04 Å². The summed E-state index contributed by atoms with van der Waals surface area (Å²) in [6.45, 7) is 3.14. The van der Waals surface area contributed by atoms with Crippen LogP contribution in [0.25, 0.3) is 10.9 Å². The van der Waals surface area contributed by atoms with Gasteiger partial charge >= 0.3 is 0 Å². The number of aromatic nitrogens is 1. The van der Waals surface area contributed by atoms with Gasteiger partial charge < -0.3 is 5.32 Å². The molecular weight excluding hydrogens is 326 g/mol. The monoisotopic (exact) mass is 341 g/mol. The van der Waals surface area contributed by atoms with E-state index in [1.807, 2.05) is 12.3 Å². The molecule has 1 aliphatic heterocycles. The van der Waals surface area contributed by atoms with Gasteiger partial charge in [-0.05, 0) is 24.7 Å². The third-order valence-corrected chi connectivity index (χ3v) is 4.29. The molecule has 3 nitrogen and oxygen atoms in total. The first-order chi connectivity index (χ1) is 8.75. The number of rotatable bonds is 3. The van der Waals surface area contributed by atoms with E-state index in [4.69, 9.17) is 0 Å². The average Bonchev–Trinajstić information content (AvgIpc) is 2.31. The fourth-order valence-electron chi connectivity index (χ4n) is 2.31. The molecule has 1 aromatic carbocycles. The Morgan fingerprint density at radius 2 is 2.16 bits per heavy atom. The van der Waals surface area contributed by atoms with Crippen LogP contribution in [0, 0.1) is 0 Å². The number of halogens is 2. The molecule has 0 saturated carbocycles.